The fraction of sp³-hybridized carbons (Fsp3) is 0.200. The number of benzene rings is 2. The molecule has 0 aliphatic carbocycles. The topological polar surface area (TPSA) is 65.4 Å². The molecule has 1 aromatic heterocycles. The molecule has 1 N–H and O–H groups in total. The van der Waals surface area contributed by atoms with Crippen molar-refractivity contribution in [2.75, 3.05) is 19.5 Å². The van der Waals surface area contributed by atoms with E-state index in [4.69, 9.17) is 9.47 Å². The monoisotopic (exact) mass is 351 g/mol. The van der Waals surface area contributed by atoms with Crippen molar-refractivity contribution in [3.05, 3.63) is 71.5 Å². The van der Waals surface area contributed by atoms with Crippen LogP contribution in [0.15, 0.2) is 54.9 Å². The van der Waals surface area contributed by atoms with E-state index in [0.717, 1.165) is 5.56 Å². The van der Waals surface area contributed by atoms with Gasteiger partial charge in [-0.15, -0.1) is 0 Å². The number of hydrogen-bond acceptors (Lipinski definition) is 4. The summed E-state index contributed by atoms with van der Waals surface area (Å²) >= 11 is 0. The average Bonchev–Trinajstić information content (AvgIpc) is 3.09. The van der Waals surface area contributed by atoms with Gasteiger partial charge in [0, 0.05) is 17.8 Å². The van der Waals surface area contributed by atoms with Crippen molar-refractivity contribution < 1.29 is 14.3 Å². The predicted octanol–water partition coefficient (Wildman–Crippen LogP) is 3.51. The van der Waals surface area contributed by atoms with Crippen LogP contribution >= 0.6 is 0 Å². The van der Waals surface area contributed by atoms with E-state index in [-0.39, 0.29) is 5.91 Å². The lowest BCUT2D eigenvalue weighted by Gasteiger charge is -2.08. The van der Waals surface area contributed by atoms with Gasteiger partial charge in [-0.3, -0.25) is 9.48 Å². The molecule has 2 aromatic carbocycles. The van der Waals surface area contributed by atoms with E-state index in [1.165, 1.54) is 5.56 Å². The van der Waals surface area contributed by atoms with Crippen LogP contribution < -0.4 is 14.8 Å². The number of nitrogens with zero attached hydrogens (tertiary/aromatic N) is 2. The highest BCUT2D eigenvalue weighted by atomic mass is 16.5. The predicted molar refractivity (Wildman–Crippen MR) is 100 cm³/mol. The zero-order valence-electron chi connectivity index (χ0n) is 15.0. The third-order valence-electron chi connectivity index (χ3n) is 3.97. The Morgan fingerprint density at radius 1 is 1.08 bits per heavy atom. The Hall–Kier alpha value is -3.28. The number of anilines is 1. The smallest absolute Gasteiger partial charge is 0.256 e. The van der Waals surface area contributed by atoms with Crippen molar-refractivity contribution in [1.82, 2.24) is 9.78 Å². The first-order chi connectivity index (χ1) is 12.6. The molecule has 0 radical (unpaired) electrons. The van der Waals surface area contributed by atoms with E-state index >= 15 is 0 Å². The number of amides is 1. The summed E-state index contributed by atoms with van der Waals surface area (Å²) in [5.74, 6) is 0.867. The van der Waals surface area contributed by atoms with Crippen molar-refractivity contribution in [3.8, 4) is 11.5 Å². The molecular formula is C20H21N3O3. The Morgan fingerprint density at radius 2 is 1.73 bits per heavy atom. The van der Waals surface area contributed by atoms with E-state index in [1.54, 1.807) is 49.5 Å². The summed E-state index contributed by atoms with van der Waals surface area (Å²) < 4.78 is 12.2. The molecule has 0 saturated heterocycles. The second-order valence-corrected chi connectivity index (χ2v) is 5.97. The number of carbonyl (C=O) groups is 1. The summed E-state index contributed by atoms with van der Waals surface area (Å²) in [5, 5.41) is 7.14. The molecule has 0 saturated carbocycles. The number of aromatic nitrogens is 2. The van der Waals surface area contributed by atoms with Gasteiger partial charge < -0.3 is 14.8 Å². The van der Waals surface area contributed by atoms with Crippen LogP contribution in [0.2, 0.25) is 0 Å². The lowest BCUT2D eigenvalue weighted by molar-refractivity contribution is 0.102. The van der Waals surface area contributed by atoms with Gasteiger partial charge in [0.25, 0.3) is 5.91 Å². The van der Waals surface area contributed by atoms with Crippen LogP contribution in [0, 0.1) is 6.92 Å². The summed E-state index contributed by atoms with van der Waals surface area (Å²) in [6.45, 7) is 2.70. The van der Waals surface area contributed by atoms with Gasteiger partial charge in [-0.25, -0.2) is 0 Å². The fourth-order valence-electron chi connectivity index (χ4n) is 2.54. The molecule has 1 amide bonds. The molecule has 0 aliphatic heterocycles. The van der Waals surface area contributed by atoms with E-state index < -0.39 is 0 Å². The second-order valence-electron chi connectivity index (χ2n) is 5.97. The van der Waals surface area contributed by atoms with Gasteiger partial charge in [0.15, 0.2) is 0 Å². The quantitative estimate of drug-likeness (QED) is 0.738. The molecule has 0 bridgehead atoms. The summed E-state index contributed by atoms with van der Waals surface area (Å²) in [7, 11) is 3.09. The Bertz CT molecular complexity index is 879. The van der Waals surface area contributed by atoms with Crippen LogP contribution in [0.25, 0.3) is 0 Å². The third kappa shape index (κ3) is 4.22. The summed E-state index contributed by atoms with van der Waals surface area (Å²) in [6.07, 6.45) is 3.43. The Morgan fingerprint density at radius 3 is 2.35 bits per heavy atom. The van der Waals surface area contributed by atoms with Crippen LogP contribution in [-0.2, 0) is 6.54 Å². The van der Waals surface area contributed by atoms with Crippen LogP contribution in [-0.4, -0.2) is 29.9 Å². The van der Waals surface area contributed by atoms with Crippen molar-refractivity contribution in [2.45, 2.75) is 13.5 Å². The lowest BCUT2D eigenvalue weighted by atomic mass is 10.1. The van der Waals surface area contributed by atoms with Gasteiger partial charge in [0.2, 0.25) is 0 Å². The fourth-order valence-corrected chi connectivity index (χ4v) is 2.54. The highest BCUT2D eigenvalue weighted by molar-refractivity contribution is 6.04. The minimum absolute atomic E-state index is 0.253. The van der Waals surface area contributed by atoms with Crippen molar-refractivity contribution >= 4 is 11.6 Å². The van der Waals surface area contributed by atoms with E-state index in [1.807, 2.05) is 0 Å². The van der Waals surface area contributed by atoms with Gasteiger partial charge in [-0.2, -0.15) is 5.10 Å². The maximum Gasteiger partial charge on any atom is 0.256 e. The van der Waals surface area contributed by atoms with Gasteiger partial charge in [-0.1, -0.05) is 29.8 Å². The van der Waals surface area contributed by atoms with Crippen molar-refractivity contribution in [1.29, 1.82) is 0 Å². The standard InChI is InChI=1S/C20H21N3O3/c1-14-4-6-15(7-5-14)12-23-13-17(11-21-23)22-20(24)16-8-18(25-2)10-19(9-16)26-3/h4-11,13H,12H2,1-3H3,(H,22,24). The Labute approximate surface area is 152 Å². The molecule has 134 valence electrons. The summed E-state index contributed by atoms with van der Waals surface area (Å²) in [6, 6.07) is 13.3. The van der Waals surface area contributed by atoms with E-state index in [0.29, 0.717) is 29.3 Å². The number of carbonyl (C=O) groups excluding carboxylic acids is 1. The number of aryl methyl sites for hydroxylation is 1. The number of hydrogen-bond donors (Lipinski definition) is 1. The molecule has 0 fully saturated rings. The van der Waals surface area contributed by atoms with Gasteiger partial charge >= 0.3 is 0 Å². The molecule has 1 heterocycles. The molecule has 3 aromatic rings. The second kappa shape index (κ2) is 7.74. The molecule has 26 heavy (non-hydrogen) atoms. The largest absolute Gasteiger partial charge is 0.497 e. The molecule has 6 heteroatoms. The average molecular weight is 351 g/mol. The number of ether oxygens (including phenoxy) is 2. The highest BCUT2D eigenvalue weighted by Gasteiger charge is 2.11. The van der Waals surface area contributed by atoms with E-state index in [9.17, 15) is 4.79 Å². The molecular weight excluding hydrogens is 330 g/mol. The van der Waals surface area contributed by atoms with Crippen LogP contribution in [0.5, 0.6) is 11.5 Å². The Kier molecular flexibility index (Phi) is 5.22. The summed E-state index contributed by atoms with van der Waals surface area (Å²) in [4.78, 5) is 12.5. The van der Waals surface area contributed by atoms with Crippen molar-refractivity contribution in [2.24, 2.45) is 0 Å². The lowest BCUT2D eigenvalue weighted by Crippen LogP contribution is -2.11. The minimum Gasteiger partial charge on any atom is -0.497 e. The Balaban J connectivity index is 1.70. The van der Waals surface area contributed by atoms with Crippen LogP contribution in [0.3, 0.4) is 0 Å². The molecule has 0 atom stereocenters. The molecule has 6 nitrogen and oxygen atoms in total. The van der Waals surface area contributed by atoms with Crippen molar-refractivity contribution in [3.63, 3.8) is 0 Å². The maximum absolute atomic E-state index is 12.5. The third-order valence-corrected chi connectivity index (χ3v) is 3.97. The summed E-state index contributed by atoms with van der Waals surface area (Å²) in [5.41, 5.74) is 3.45. The zero-order chi connectivity index (χ0) is 18.5. The molecule has 0 spiro atoms. The number of nitrogens with one attached hydrogen (secondary N) is 1. The van der Waals surface area contributed by atoms with Gasteiger partial charge in [0.1, 0.15) is 11.5 Å². The normalized spacial score (nSPS) is 10.4. The van der Waals surface area contributed by atoms with Crippen LogP contribution in [0.4, 0.5) is 5.69 Å². The SMILES string of the molecule is COc1cc(OC)cc(C(=O)Nc2cnn(Cc3ccc(C)cc3)c2)c1. The molecule has 0 unspecified atom stereocenters. The maximum atomic E-state index is 12.5. The molecule has 0 aliphatic rings. The first-order valence-corrected chi connectivity index (χ1v) is 8.20. The van der Waals surface area contributed by atoms with Crippen LogP contribution in [0.1, 0.15) is 21.5 Å². The highest BCUT2D eigenvalue weighted by Crippen LogP contribution is 2.23. The van der Waals surface area contributed by atoms with E-state index in [2.05, 4.69) is 41.6 Å². The number of rotatable bonds is 6. The van der Waals surface area contributed by atoms with Gasteiger partial charge in [0.05, 0.1) is 32.6 Å². The minimum atomic E-state index is -0.253. The number of methoxy groups -OCH3 is 2. The van der Waals surface area contributed by atoms with Gasteiger partial charge in [-0.05, 0) is 24.6 Å². The zero-order valence-corrected chi connectivity index (χ0v) is 15.0. The first-order valence-electron chi connectivity index (χ1n) is 8.20. The first kappa shape index (κ1) is 17.5. The molecule has 3 rings (SSSR count).